The number of hydrogen-bond donors (Lipinski definition) is 3. The average Bonchev–Trinajstić information content (AvgIpc) is 2.61. The van der Waals surface area contributed by atoms with Crippen molar-refractivity contribution in [3.05, 3.63) is 59.1 Å². The summed E-state index contributed by atoms with van der Waals surface area (Å²) < 4.78 is 26.7. The Bertz CT molecular complexity index is 944. The quantitative estimate of drug-likeness (QED) is 0.594. The molecule has 2 amide bonds. The van der Waals surface area contributed by atoms with E-state index in [1.807, 2.05) is 0 Å². The zero-order chi connectivity index (χ0) is 20.7. The molecule has 9 heteroatoms. The summed E-state index contributed by atoms with van der Waals surface area (Å²) in [6.07, 6.45) is 0.453. The van der Waals surface area contributed by atoms with Gasteiger partial charge in [0.25, 0.3) is 0 Å². The van der Waals surface area contributed by atoms with Gasteiger partial charge in [0.05, 0.1) is 4.90 Å². The smallest absolute Gasteiger partial charge is 0.313 e. The zero-order valence-electron chi connectivity index (χ0n) is 15.5. The number of rotatable bonds is 7. The molecular formula is C19H22ClN3O4S. The first-order valence-corrected chi connectivity index (χ1v) is 10.5. The van der Waals surface area contributed by atoms with E-state index in [9.17, 15) is 18.0 Å². The average molecular weight is 424 g/mol. The van der Waals surface area contributed by atoms with Crippen LogP contribution in [0.3, 0.4) is 0 Å². The van der Waals surface area contributed by atoms with E-state index in [-0.39, 0.29) is 17.5 Å². The molecule has 150 valence electrons. The molecule has 0 radical (unpaired) electrons. The molecule has 0 aromatic heterocycles. The number of halogens is 1. The van der Waals surface area contributed by atoms with E-state index in [1.54, 1.807) is 44.2 Å². The molecule has 0 aliphatic carbocycles. The monoisotopic (exact) mass is 423 g/mol. The minimum Gasteiger partial charge on any atom is -0.347 e. The van der Waals surface area contributed by atoms with Gasteiger partial charge in [-0.2, -0.15) is 0 Å². The Morgan fingerprint density at radius 1 is 1.04 bits per heavy atom. The lowest BCUT2D eigenvalue weighted by atomic mass is 10.1. The Morgan fingerprint density at radius 2 is 1.71 bits per heavy atom. The van der Waals surface area contributed by atoms with Gasteiger partial charge in [-0.3, -0.25) is 9.59 Å². The summed E-state index contributed by atoms with van der Waals surface area (Å²) in [5.74, 6) is -1.55. The summed E-state index contributed by atoms with van der Waals surface area (Å²) in [6.45, 7) is 3.73. The second-order valence-electron chi connectivity index (χ2n) is 6.39. The zero-order valence-corrected chi connectivity index (χ0v) is 17.1. The molecule has 2 rings (SSSR count). The summed E-state index contributed by atoms with van der Waals surface area (Å²) in [5, 5.41) is 5.44. The number of anilines is 1. The van der Waals surface area contributed by atoms with Gasteiger partial charge in [-0.05, 0) is 56.2 Å². The molecule has 0 unspecified atom stereocenters. The first-order valence-electron chi connectivity index (χ1n) is 8.63. The summed E-state index contributed by atoms with van der Waals surface area (Å²) >= 11 is 5.83. The highest BCUT2D eigenvalue weighted by Crippen LogP contribution is 2.14. The Hall–Kier alpha value is -2.42. The van der Waals surface area contributed by atoms with Gasteiger partial charge >= 0.3 is 11.8 Å². The Labute approximate surface area is 169 Å². The number of amides is 2. The van der Waals surface area contributed by atoms with Crippen LogP contribution < -0.4 is 15.4 Å². The van der Waals surface area contributed by atoms with Crippen LogP contribution in [0.15, 0.2) is 53.4 Å². The lowest BCUT2D eigenvalue weighted by Gasteiger charge is -2.10. The minimum absolute atomic E-state index is 0.176. The Balaban J connectivity index is 1.84. The van der Waals surface area contributed by atoms with Crippen molar-refractivity contribution in [2.24, 2.45) is 0 Å². The number of benzene rings is 2. The summed E-state index contributed by atoms with van der Waals surface area (Å²) in [4.78, 5) is 23.9. The van der Waals surface area contributed by atoms with Gasteiger partial charge in [0.1, 0.15) is 0 Å². The second kappa shape index (κ2) is 9.68. The van der Waals surface area contributed by atoms with Crippen molar-refractivity contribution in [3.63, 3.8) is 0 Å². The third kappa shape index (κ3) is 6.63. The van der Waals surface area contributed by atoms with Gasteiger partial charge in [0.15, 0.2) is 0 Å². The highest BCUT2D eigenvalue weighted by Gasteiger charge is 2.15. The van der Waals surface area contributed by atoms with Crippen LogP contribution in [0.5, 0.6) is 0 Å². The molecular weight excluding hydrogens is 402 g/mol. The maximum absolute atomic E-state index is 12.1. The molecule has 0 fully saturated rings. The van der Waals surface area contributed by atoms with Crippen LogP contribution in [0.1, 0.15) is 19.4 Å². The number of hydrogen-bond acceptors (Lipinski definition) is 4. The van der Waals surface area contributed by atoms with Crippen molar-refractivity contribution in [2.45, 2.75) is 31.2 Å². The van der Waals surface area contributed by atoms with E-state index in [0.717, 1.165) is 5.56 Å². The molecule has 3 N–H and O–H groups in total. The summed E-state index contributed by atoms with van der Waals surface area (Å²) in [6, 6.07) is 12.7. The molecule has 2 aromatic rings. The third-order valence-electron chi connectivity index (χ3n) is 3.61. The van der Waals surface area contributed by atoms with Gasteiger partial charge in [-0.25, -0.2) is 13.1 Å². The minimum atomic E-state index is -3.54. The molecule has 28 heavy (non-hydrogen) atoms. The summed E-state index contributed by atoms with van der Waals surface area (Å²) in [5.41, 5.74) is 1.26. The molecule has 7 nitrogen and oxygen atoms in total. The highest BCUT2D eigenvalue weighted by atomic mass is 35.5. The maximum atomic E-state index is 12.1. The van der Waals surface area contributed by atoms with E-state index in [4.69, 9.17) is 11.6 Å². The maximum Gasteiger partial charge on any atom is 0.313 e. The fraction of sp³-hybridized carbons (Fsp3) is 0.263. The van der Waals surface area contributed by atoms with Crippen molar-refractivity contribution in [1.29, 1.82) is 0 Å². The highest BCUT2D eigenvalue weighted by molar-refractivity contribution is 7.89. The first kappa shape index (κ1) is 21.9. The molecule has 0 bridgehead atoms. The number of nitrogens with one attached hydrogen (secondary N) is 3. The lowest BCUT2D eigenvalue weighted by molar-refractivity contribution is -0.136. The second-order valence-corrected chi connectivity index (χ2v) is 8.54. The SMILES string of the molecule is CC(C)NS(=O)(=O)c1ccc(CCNC(=O)C(=O)Nc2cccc(Cl)c2)cc1. The topological polar surface area (TPSA) is 104 Å². The Morgan fingerprint density at radius 3 is 2.32 bits per heavy atom. The molecule has 2 aromatic carbocycles. The molecule has 0 atom stereocenters. The van der Waals surface area contributed by atoms with Gasteiger partial charge in [-0.15, -0.1) is 0 Å². The van der Waals surface area contributed by atoms with Gasteiger partial charge in [-0.1, -0.05) is 29.8 Å². The third-order valence-corrected chi connectivity index (χ3v) is 5.52. The van der Waals surface area contributed by atoms with Gasteiger partial charge in [0.2, 0.25) is 10.0 Å². The standard InChI is InChI=1S/C19H22ClN3O4S/c1-13(2)23-28(26,27)17-8-6-14(7-9-17)10-11-21-18(24)19(25)22-16-5-3-4-15(20)12-16/h3-9,12-13,23H,10-11H2,1-2H3,(H,21,24)(H,22,25). The van der Waals surface area contributed by atoms with Crippen LogP contribution in [0.25, 0.3) is 0 Å². The van der Waals surface area contributed by atoms with Crippen molar-refractivity contribution >= 4 is 39.1 Å². The van der Waals surface area contributed by atoms with E-state index >= 15 is 0 Å². The van der Waals surface area contributed by atoms with Crippen LogP contribution in [0.4, 0.5) is 5.69 Å². The van der Waals surface area contributed by atoms with Crippen LogP contribution in [0, 0.1) is 0 Å². The van der Waals surface area contributed by atoms with Crippen molar-refractivity contribution in [1.82, 2.24) is 10.0 Å². The first-order chi connectivity index (χ1) is 13.2. The van der Waals surface area contributed by atoms with Crippen molar-refractivity contribution in [2.75, 3.05) is 11.9 Å². The fourth-order valence-corrected chi connectivity index (χ4v) is 3.81. The van der Waals surface area contributed by atoms with Gasteiger partial charge in [0, 0.05) is 23.3 Å². The molecule has 0 heterocycles. The lowest BCUT2D eigenvalue weighted by Crippen LogP contribution is -2.36. The van der Waals surface area contributed by atoms with Crippen LogP contribution in [0.2, 0.25) is 5.02 Å². The van der Waals surface area contributed by atoms with Gasteiger partial charge < -0.3 is 10.6 Å². The molecule has 0 spiro atoms. The largest absolute Gasteiger partial charge is 0.347 e. The fourth-order valence-electron chi connectivity index (χ4n) is 2.37. The summed E-state index contributed by atoms with van der Waals surface area (Å²) in [7, 11) is -3.54. The molecule has 0 aliphatic rings. The Kier molecular flexibility index (Phi) is 7.56. The predicted octanol–water partition coefficient (Wildman–Crippen LogP) is 2.32. The van der Waals surface area contributed by atoms with E-state index in [2.05, 4.69) is 15.4 Å². The molecule has 0 saturated carbocycles. The van der Waals surface area contributed by atoms with Crippen LogP contribution in [-0.4, -0.2) is 32.8 Å². The molecule has 0 saturated heterocycles. The van der Waals surface area contributed by atoms with E-state index < -0.39 is 21.8 Å². The van der Waals surface area contributed by atoms with Crippen molar-refractivity contribution in [3.8, 4) is 0 Å². The van der Waals surface area contributed by atoms with E-state index in [0.29, 0.717) is 17.1 Å². The predicted molar refractivity (Wildman–Crippen MR) is 109 cm³/mol. The number of carbonyl (C=O) groups excluding carboxylic acids is 2. The van der Waals surface area contributed by atoms with Crippen LogP contribution >= 0.6 is 11.6 Å². The van der Waals surface area contributed by atoms with Crippen molar-refractivity contribution < 1.29 is 18.0 Å². The van der Waals surface area contributed by atoms with E-state index in [1.165, 1.54) is 18.2 Å². The molecule has 0 aliphatic heterocycles. The number of sulfonamides is 1. The number of carbonyl (C=O) groups is 2. The van der Waals surface area contributed by atoms with Crippen LogP contribution in [-0.2, 0) is 26.0 Å². The normalized spacial score (nSPS) is 11.3.